The van der Waals surface area contributed by atoms with Crippen LogP contribution in [0.4, 0.5) is 5.69 Å². The Morgan fingerprint density at radius 2 is 2.00 bits per heavy atom. The Bertz CT molecular complexity index is 1040. The molecule has 26 heavy (non-hydrogen) atoms. The number of nitrogens with one attached hydrogen (secondary N) is 1. The van der Waals surface area contributed by atoms with Crippen LogP contribution in [0, 0.1) is 13.8 Å². The first-order valence-corrected chi connectivity index (χ1v) is 7.86. The van der Waals surface area contributed by atoms with E-state index in [1.165, 1.54) is 19.4 Å². The Morgan fingerprint density at radius 3 is 2.65 bits per heavy atom. The van der Waals surface area contributed by atoms with Crippen LogP contribution in [-0.4, -0.2) is 27.8 Å². The molecule has 3 rings (SSSR count). The van der Waals surface area contributed by atoms with Gasteiger partial charge >= 0.3 is 0 Å². The van der Waals surface area contributed by atoms with Crippen LogP contribution in [0.25, 0.3) is 11.5 Å². The number of aromatic nitrogens is 3. The highest BCUT2D eigenvalue weighted by molar-refractivity contribution is 6.05. The van der Waals surface area contributed by atoms with Gasteiger partial charge in [0.1, 0.15) is 11.3 Å². The Balaban J connectivity index is 1.97. The van der Waals surface area contributed by atoms with Crippen LogP contribution in [0.5, 0.6) is 5.75 Å². The fourth-order valence-electron chi connectivity index (χ4n) is 2.44. The SMILES string of the molecule is COc1ccc(-c2nnc(C)o2)cc1NC(=O)c1cn(C)c(C)cc1=O. The van der Waals surface area contributed by atoms with Crippen LogP contribution >= 0.6 is 0 Å². The second kappa shape index (κ2) is 6.83. The average molecular weight is 354 g/mol. The number of rotatable bonds is 4. The molecule has 0 atom stereocenters. The zero-order valence-corrected chi connectivity index (χ0v) is 14.9. The van der Waals surface area contributed by atoms with Gasteiger partial charge in [0.15, 0.2) is 5.43 Å². The molecule has 8 heteroatoms. The average Bonchev–Trinajstić information content (AvgIpc) is 3.04. The van der Waals surface area contributed by atoms with E-state index in [4.69, 9.17) is 9.15 Å². The van der Waals surface area contributed by atoms with E-state index in [0.29, 0.717) is 28.8 Å². The summed E-state index contributed by atoms with van der Waals surface area (Å²) in [6, 6.07) is 6.50. The van der Waals surface area contributed by atoms with Gasteiger partial charge in [-0.05, 0) is 25.1 Å². The molecule has 0 saturated carbocycles. The van der Waals surface area contributed by atoms with Crippen molar-refractivity contribution in [3.8, 4) is 17.2 Å². The number of anilines is 1. The molecule has 1 aromatic carbocycles. The molecule has 0 fully saturated rings. The summed E-state index contributed by atoms with van der Waals surface area (Å²) < 4.78 is 12.4. The summed E-state index contributed by atoms with van der Waals surface area (Å²) in [5.74, 6) is 0.682. The maximum atomic E-state index is 12.6. The first-order chi connectivity index (χ1) is 12.4. The van der Waals surface area contributed by atoms with Crippen LogP contribution in [-0.2, 0) is 7.05 Å². The van der Waals surface area contributed by atoms with Crippen molar-refractivity contribution in [3.63, 3.8) is 0 Å². The molecule has 0 radical (unpaired) electrons. The molecule has 2 heterocycles. The highest BCUT2D eigenvalue weighted by Gasteiger charge is 2.16. The van der Waals surface area contributed by atoms with Crippen molar-refractivity contribution in [1.29, 1.82) is 0 Å². The van der Waals surface area contributed by atoms with Gasteiger partial charge in [-0.2, -0.15) is 0 Å². The van der Waals surface area contributed by atoms with Crippen molar-refractivity contribution in [2.45, 2.75) is 13.8 Å². The molecular formula is C18H18N4O4. The van der Waals surface area contributed by atoms with E-state index in [1.54, 1.807) is 43.7 Å². The number of hydrogen-bond donors (Lipinski definition) is 1. The molecule has 0 saturated heterocycles. The van der Waals surface area contributed by atoms with E-state index in [2.05, 4.69) is 15.5 Å². The van der Waals surface area contributed by atoms with Gasteiger partial charge in [0.2, 0.25) is 11.8 Å². The number of hydrogen-bond acceptors (Lipinski definition) is 6. The van der Waals surface area contributed by atoms with Crippen molar-refractivity contribution in [1.82, 2.24) is 14.8 Å². The minimum Gasteiger partial charge on any atom is -0.495 e. The second-order valence-corrected chi connectivity index (χ2v) is 5.80. The Morgan fingerprint density at radius 1 is 1.23 bits per heavy atom. The van der Waals surface area contributed by atoms with Crippen molar-refractivity contribution >= 4 is 11.6 Å². The van der Waals surface area contributed by atoms with Gasteiger partial charge in [-0.15, -0.1) is 10.2 Å². The highest BCUT2D eigenvalue weighted by Crippen LogP contribution is 2.30. The van der Waals surface area contributed by atoms with Crippen molar-refractivity contribution in [3.05, 3.63) is 57.8 Å². The number of nitrogens with zero attached hydrogens (tertiary/aromatic N) is 3. The molecular weight excluding hydrogens is 336 g/mol. The van der Waals surface area contributed by atoms with Gasteiger partial charge in [0.05, 0.1) is 12.8 Å². The number of carbonyl (C=O) groups is 1. The third-order valence-electron chi connectivity index (χ3n) is 3.95. The van der Waals surface area contributed by atoms with Gasteiger partial charge in [-0.1, -0.05) is 0 Å². The lowest BCUT2D eigenvalue weighted by atomic mass is 10.1. The number of methoxy groups -OCH3 is 1. The maximum absolute atomic E-state index is 12.6. The summed E-state index contributed by atoms with van der Waals surface area (Å²) in [6.07, 6.45) is 1.50. The van der Waals surface area contributed by atoms with E-state index in [9.17, 15) is 9.59 Å². The number of ether oxygens (including phenoxy) is 1. The van der Waals surface area contributed by atoms with Crippen molar-refractivity contribution in [2.75, 3.05) is 12.4 Å². The molecule has 1 amide bonds. The smallest absolute Gasteiger partial charge is 0.261 e. The van der Waals surface area contributed by atoms with E-state index < -0.39 is 5.91 Å². The van der Waals surface area contributed by atoms with Crippen LogP contribution in [0.1, 0.15) is 21.9 Å². The lowest BCUT2D eigenvalue weighted by molar-refractivity contribution is 0.102. The zero-order chi connectivity index (χ0) is 18.8. The van der Waals surface area contributed by atoms with E-state index in [0.717, 1.165) is 5.69 Å². The monoisotopic (exact) mass is 354 g/mol. The molecule has 0 aliphatic rings. The number of pyridine rings is 1. The van der Waals surface area contributed by atoms with E-state index in [1.807, 2.05) is 0 Å². The van der Waals surface area contributed by atoms with Crippen LogP contribution in [0.2, 0.25) is 0 Å². The molecule has 3 aromatic rings. The standard InChI is InChI=1S/C18H18N4O4/c1-10-7-15(23)13(9-22(10)3)17(24)19-14-8-12(5-6-16(14)25-4)18-21-20-11(2)26-18/h5-9H,1-4H3,(H,19,24). The quantitative estimate of drug-likeness (QED) is 0.772. The van der Waals surface area contributed by atoms with Gasteiger partial charge in [-0.25, -0.2) is 0 Å². The maximum Gasteiger partial charge on any atom is 0.261 e. The molecule has 0 spiro atoms. The lowest BCUT2D eigenvalue weighted by Crippen LogP contribution is -2.23. The third-order valence-corrected chi connectivity index (χ3v) is 3.95. The summed E-state index contributed by atoms with van der Waals surface area (Å²) in [7, 11) is 3.26. The molecule has 1 N–H and O–H groups in total. The Kier molecular flexibility index (Phi) is 4.57. The largest absolute Gasteiger partial charge is 0.495 e. The fourth-order valence-corrected chi connectivity index (χ4v) is 2.44. The first-order valence-electron chi connectivity index (χ1n) is 7.86. The number of aryl methyl sites for hydroxylation is 3. The minimum absolute atomic E-state index is 0.0409. The Hall–Kier alpha value is -3.42. The van der Waals surface area contributed by atoms with Crippen LogP contribution < -0.4 is 15.5 Å². The molecule has 8 nitrogen and oxygen atoms in total. The number of carbonyl (C=O) groups excluding carboxylic acids is 1. The molecule has 2 aromatic heterocycles. The Labute approximate surface area is 149 Å². The second-order valence-electron chi connectivity index (χ2n) is 5.80. The van der Waals surface area contributed by atoms with Gasteiger partial charge in [0, 0.05) is 37.5 Å². The highest BCUT2D eigenvalue weighted by atomic mass is 16.5. The van der Waals surface area contributed by atoms with Gasteiger partial charge in [-0.3, -0.25) is 9.59 Å². The van der Waals surface area contributed by atoms with E-state index >= 15 is 0 Å². The summed E-state index contributed by atoms with van der Waals surface area (Å²) >= 11 is 0. The predicted octanol–water partition coefficient (Wildman–Crippen LogP) is 2.31. The molecule has 0 bridgehead atoms. The zero-order valence-electron chi connectivity index (χ0n) is 14.9. The summed E-state index contributed by atoms with van der Waals surface area (Å²) in [5, 5.41) is 10.5. The molecule has 0 aliphatic heterocycles. The third kappa shape index (κ3) is 3.34. The van der Waals surface area contributed by atoms with E-state index in [-0.39, 0.29) is 11.0 Å². The topological polar surface area (TPSA) is 99.2 Å². The summed E-state index contributed by atoms with van der Waals surface area (Å²) in [6.45, 7) is 3.48. The number of amides is 1. The first kappa shape index (κ1) is 17.4. The fraction of sp³-hybridized carbons (Fsp3) is 0.222. The van der Waals surface area contributed by atoms with Crippen molar-refractivity contribution in [2.24, 2.45) is 7.05 Å². The number of benzene rings is 1. The van der Waals surface area contributed by atoms with Crippen LogP contribution in [0.15, 0.2) is 39.7 Å². The van der Waals surface area contributed by atoms with Gasteiger partial charge < -0.3 is 19.0 Å². The predicted molar refractivity (Wildman–Crippen MR) is 95.4 cm³/mol. The van der Waals surface area contributed by atoms with Crippen LogP contribution in [0.3, 0.4) is 0 Å². The van der Waals surface area contributed by atoms with Crippen molar-refractivity contribution < 1.29 is 13.9 Å². The molecule has 0 unspecified atom stereocenters. The molecule has 0 aliphatic carbocycles. The summed E-state index contributed by atoms with van der Waals surface area (Å²) in [5.41, 5.74) is 1.48. The van der Waals surface area contributed by atoms with Gasteiger partial charge in [0.25, 0.3) is 5.91 Å². The minimum atomic E-state index is -0.525. The molecule has 134 valence electrons. The normalized spacial score (nSPS) is 10.6. The lowest BCUT2D eigenvalue weighted by Gasteiger charge is -2.12. The summed E-state index contributed by atoms with van der Waals surface area (Å²) in [4.78, 5) is 24.7.